The Bertz CT molecular complexity index is 746. The Balaban J connectivity index is 2.35. The third-order valence-corrected chi connectivity index (χ3v) is 4.61. The summed E-state index contributed by atoms with van der Waals surface area (Å²) in [7, 11) is -4.00. The van der Waals surface area contributed by atoms with Crippen molar-refractivity contribution in [2.75, 3.05) is 4.72 Å². The molecule has 0 saturated carbocycles. The van der Waals surface area contributed by atoms with Gasteiger partial charge in [-0.25, -0.2) is 17.2 Å². The van der Waals surface area contributed by atoms with Crippen molar-refractivity contribution in [3.63, 3.8) is 0 Å². The maximum absolute atomic E-state index is 13.0. The average molecular weight is 367 g/mol. The lowest BCUT2D eigenvalue weighted by Crippen LogP contribution is -2.13. The predicted octanol–water partition coefficient (Wildman–Crippen LogP) is 2.58. The minimum absolute atomic E-state index is 0.0203. The van der Waals surface area contributed by atoms with Crippen LogP contribution in [-0.4, -0.2) is 8.42 Å². The maximum Gasteiger partial charge on any atom is 0.266 e. The Morgan fingerprint density at radius 1 is 1.25 bits per heavy atom. The van der Waals surface area contributed by atoms with Crippen LogP contribution in [0.1, 0.15) is 5.76 Å². The fraction of sp³-hybridized carbons (Fsp3) is 0.0909. The first-order valence-electron chi connectivity index (χ1n) is 5.29. The zero-order chi connectivity index (χ0) is 14.9. The van der Waals surface area contributed by atoms with Gasteiger partial charge in [-0.05, 0) is 28.1 Å². The van der Waals surface area contributed by atoms with Gasteiger partial charge in [-0.2, -0.15) is 0 Å². The predicted molar refractivity (Wildman–Crippen MR) is 71.5 cm³/mol. The molecule has 0 saturated heterocycles. The molecule has 0 aliphatic rings. The third kappa shape index (κ3) is 3.00. The molecule has 0 spiro atoms. The van der Waals surface area contributed by atoms with E-state index in [1.165, 1.54) is 6.07 Å². The van der Waals surface area contributed by atoms with Crippen molar-refractivity contribution in [3.8, 4) is 0 Å². The SMILES string of the molecule is NCc1cc(S(=O)(=O)Nc2ccc(F)c(F)c2)c(Br)o1. The smallest absolute Gasteiger partial charge is 0.266 e. The number of furan rings is 1. The largest absolute Gasteiger partial charge is 0.452 e. The Hall–Kier alpha value is -1.45. The molecule has 0 aliphatic carbocycles. The van der Waals surface area contributed by atoms with E-state index in [9.17, 15) is 17.2 Å². The molecule has 0 atom stereocenters. The number of nitrogens with one attached hydrogen (secondary N) is 1. The molecule has 0 radical (unpaired) electrons. The van der Waals surface area contributed by atoms with Crippen molar-refractivity contribution < 1.29 is 21.6 Å². The second-order valence-corrected chi connectivity index (χ2v) is 6.16. The summed E-state index contributed by atoms with van der Waals surface area (Å²) in [6.45, 7) is 0.0271. The Labute approximate surface area is 121 Å². The normalized spacial score (nSPS) is 11.6. The Kier molecular flexibility index (Phi) is 4.11. The standard InChI is InChI=1S/C11H9BrF2N2O3S/c12-11-10(4-7(5-15)19-11)20(17,18)16-6-1-2-8(13)9(14)3-6/h1-4,16H,5,15H2. The molecule has 3 N–H and O–H groups in total. The van der Waals surface area contributed by atoms with Crippen LogP contribution < -0.4 is 10.5 Å². The zero-order valence-corrected chi connectivity index (χ0v) is 12.3. The molecule has 2 rings (SSSR count). The van der Waals surface area contributed by atoms with Crippen LogP contribution in [0.15, 0.2) is 38.2 Å². The summed E-state index contributed by atoms with van der Waals surface area (Å²) in [5.41, 5.74) is 5.24. The molecule has 0 bridgehead atoms. The number of hydrogen-bond acceptors (Lipinski definition) is 4. The quantitative estimate of drug-likeness (QED) is 0.870. The van der Waals surface area contributed by atoms with Gasteiger partial charge in [0.15, 0.2) is 16.3 Å². The van der Waals surface area contributed by atoms with E-state index >= 15 is 0 Å². The summed E-state index contributed by atoms with van der Waals surface area (Å²) < 4.78 is 57.2. The molecular formula is C11H9BrF2N2O3S. The summed E-state index contributed by atoms with van der Waals surface area (Å²) in [5.74, 6) is -1.95. The molecule has 1 aromatic heterocycles. The van der Waals surface area contributed by atoms with Crippen LogP contribution in [0.2, 0.25) is 0 Å². The molecular weight excluding hydrogens is 358 g/mol. The second-order valence-electron chi connectivity index (χ2n) is 3.79. The van der Waals surface area contributed by atoms with Crippen LogP contribution in [0.4, 0.5) is 14.5 Å². The number of nitrogens with two attached hydrogens (primary N) is 1. The van der Waals surface area contributed by atoms with Gasteiger partial charge in [0.2, 0.25) is 0 Å². The minimum atomic E-state index is -4.00. The fourth-order valence-electron chi connectivity index (χ4n) is 1.45. The summed E-state index contributed by atoms with van der Waals surface area (Å²) in [6.07, 6.45) is 0. The average Bonchev–Trinajstić information content (AvgIpc) is 2.76. The van der Waals surface area contributed by atoms with Gasteiger partial charge in [-0.1, -0.05) is 0 Å². The van der Waals surface area contributed by atoms with Crippen molar-refractivity contribution >= 4 is 31.6 Å². The van der Waals surface area contributed by atoms with Gasteiger partial charge in [0, 0.05) is 12.1 Å². The molecule has 0 unspecified atom stereocenters. The van der Waals surface area contributed by atoms with Crippen LogP contribution in [0.3, 0.4) is 0 Å². The number of benzene rings is 1. The van der Waals surface area contributed by atoms with Gasteiger partial charge in [0.25, 0.3) is 10.0 Å². The Morgan fingerprint density at radius 2 is 1.95 bits per heavy atom. The number of halogens is 3. The van der Waals surface area contributed by atoms with E-state index in [0.717, 1.165) is 18.2 Å². The molecule has 1 heterocycles. The van der Waals surface area contributed by atoms with Crippen molar-refractivity contribution in [1.29, 1.82) is 0 Å². The first kappa shape index (κ1) is 14.9. The van der Waals surface area contributed by atoms with Gasteiger partial charge in [-0.3, -0.25) is 4.72 Å². The number of rotatable bonds is 4. The molecule has 9 heteroatoms. The topological polar surface area (TPSA) is 85.3 Å². The first-order valence-corrected chi connectivity index (χ1v) is 7.57. The highest BCUT2D eigenvalue weighted by atomic mass is 79.9. The van der Waals surface area contributed by atoms with Crippen LogP contribution >= 0.6 is 15.9 Å². The zero-order valence-electron chi connectivity index (χ0n) is 9.86. The van der Waals surface area contributed by atoms with Crippen molar-refractivity contribution in [3.05, 3.63) is 46.3 Å². The van der Waals surface area contributed by atoms with E-state index in [0.29, 0.717) is 0 Å². The van der Waals surface area contributed by atoms with Crippen LogP contribution in [0, 0.1) is 11.6 Å². The summed E-state index contributed by atoms with van der Waals surface area (Å²) in [5, 5.41) is 0. The van der Waals surface area contributed by atoms with Gasteiger partial charge >= 0.3 is 0 Å². The van der Waals surface area contributed by atoms with Crippen molar-refractivity contribution in [2.24, 2.45) is 5.73 Å². The van der Waals surface area contributed by atoms with E-state index in [4.69, 9.17) is 10.2 Å². The van der Waals surface area contributed by atoms with Gasteiger partial charge in [-0.15, -0.1) is 0 Å². The summed E-state index contributed by atoms with van der Waals surface area (Å²) in [6, 6.07) is 3.91. The highest BCUT2D eigenvalue weighted by Crippen LogP contribution is 2.28. The highest BCUT2D eigenvalue weighted by Gasteiger charge is 2.22. The van der Waals surface area contributed by atoms with Crippen LogP contribution in [0.25, 0.3) is 0 Å². The van der Waals surface area contributed by atoms with Crippen molar-refractivity contribution in [1.82, 2.24) is 0 Å². The number of anilines is 1. The Morgan fingerprint density at radius 3 is 2.50 bits per heavy atom. The lowest BCUT2D eigenvalue weighted by Gasteiger charge is -2.06. The number of hydrogen-bond donors (Lipinski definition) is 2. The first-order chi connectivity index (χ1) is 9.33. The molecule has 20 heavy (non-hydrogen) atoms. The van der Waals surface area contributed by atoms with Crippen LogP contribution in [0.5, 0.6) is 0 Å². The molecule has 0 fully saturated rings. The minimum Gasteiger partial charge on any atom is -0.452 e. The van der Waals surface area contributed by atoms with E-state index in [-0.39, 0.29) is 27.6 Å². The van der Waals surface area contributed by atoms with Gasteiger partial charge < -0.3 is 10.2 Å². The monoisotopic (exact) mass is 366 g/mol. The molecule has 2 aromatic rings. The van der Waals surface area contributed by atoms with Crippen molar-refractivity contribution in [2.45, 2.75) is 11.4 Å². The fourth-order valence-corrected chi connectivity index (χ4v) is 3.50. The molecule has 0 aliphatic heterocycles. The summed E-state index contributed by atoms with van der Waals surface area (Å²) in [4.78, 5) is -0.178. The number of sulfonamides is 1. The van der Waals surface area contributed by atoms with Crippen LogP contribution in [-0.2, 0) is 16.6 Å². The second kappa shape index (κ2) is 5.51. The van der Waals surface area contributed by atoms with Gasteiger partial charge in [0.05, 0.1) is 12.2 Å². The maximum atomic E-state index is 13.0. The van der Waals surface area contributed by atoms with E-state index in [1.807, 2.05) is 0 Å². The van der Waals surface area contributed by atoms with E-state index in [2.05, 4.69) is 20.7 Å². The molecule has 1 aromatic carbocycles. The lowest BCUT2D eigenvalue weighted by molar-refractivity contribution is 0.484. The summed E-state index contributed by atoms with van der Waals surface area (Å²) >= 11 is 2.96. The van der Waals surface area contributed by atoms with E-state index in [1.54, 1.807) is 0 Å². The molecule has 0 amide bonds. The lowest BCUT2D eigenvalue weighted by atomic mass is 10.3. The molecule has 5 nitrogen and oxygen atoms in total. The molecule has 108 valence electrons. The third-order valence-electron chi connectivity index (χ3n) is 2.37. The highest BCUT2D eigenvalue weighted by molar-refractivity contribution is 9.10. The van der Waals surface area contributed by atoms with E-state index < -0.39 is 21.7 Å². The van der Waals surface area contributed by atoms with Gasteiger partial charge in [0.1, 0.15) is 10.7 Å².